The molecule has 0 aliphatic rings. The van der Waals surface area contributed by atoms with Gasteiger partial charge in [0.1, 0.15) is 5.82 Å². The first kappa shape index (κ1) is 14.6. The third-order valence-electron chi connectivity index (χ3n) is 2.62. The SMILES string of the molecule is COc1c(C(C)C(=O)O)cc(F)c(SC)c1OC. The number of halogens is 1. The molecular formula is C12H15FO4S. The molecule has 1 aromatic carbocycles. The fraction of sp³-hybridized carbons (Fsp3) is 0.417. The van der Waals surface area contributed by atoms with Crippen molar-refractivity contribution in [2.24, 2.45) is 0 Å². The molecule has 0 radical (unpaired) electrons. The third-order valence-corrected chi connectivity index (χ3v) is 3.41. The van der Waals surface area contributed by atoms with Gasteiger partial charge in [0.05, 0.1) is 25.0 Å². The summed E-state index contributed by atoms with van der Waals surface area (Å²) in [7, 11) is 2.80. The lowest BCUT2D eigenvalue weighted by Gasteiger charge is -2.18. The minimum absolute atomic E-state index is 0.230. The van der Waals surface area contributed by atoms with Gasteiger partial charge in [-0.15, -0.1) is 11.8 Å². The highest BCUT2D eigenvalue weighted by molar-refractivity contribution is 7.98. The van der Waals surface area contributed by atoms with Crippen LogP contribution in [0.2, 0.25) is 0 Å². The Kier molecular flexibility index (Phi) is 4.84. The van der Waals surface area contributed by atoms with Gasteiger partial charge in [0.15, 0.2) is 11.5 Å². The van der Waals surface area contributed by atoms with Crippen molar-refractivity contribution in [3.63, 3.8) is 0 Å². The number of ether oxygens (including phenoxy) is 2. The summed E-state index contributed by atoms with van der Waals surface area (Å²) in [5.41, 5.74) is 0.261. The Morgan fingerprint density at radius 3 is 2.33 bits per heavy atom. The topological polar surface area (TPSA) is 55.8 Å². The molecule has 6 heteroatoms. The lowest BCUT2D eigenvalue weighted by Crippen LogP contribution is -2.10. The van der Waals surface area contributed by atoms with Crippen molar-refractivity contribution >= 4 is 17.7 Å². The fourth-order valence-corrected chi connectivity index (χ4v) is 2.27. The predicted octanol–water partition coefficient (Wildman–Crippen LogP) is 2.75. The van der Waals surface area contributed by atoms with E-state index in [2.05, 4.69) is 0 Å². The second-order valence-electron chi connectivity index (χ2n) is 3.61. The molecule has 0 fully saturated rings. The van der Waals surface area contributed by atoms with Crippen molar-refractivity contribution in [1.82, 2.24) is 0 Å². The molecule has 0 amide bonds. The van der Waals surface area contributed by atoms with Crippen molar-refractivity contribution in [1.29, 1.82) is 0 Å². The van der Waals surface area contributed by atoms with Crippen molar-refractivity contribution in [2.45, 2.75) is 17.7 Å². The zero-order valence-electron chi connectivity index (χ0n) is 10.6. The van der Waals surface area contributed by atoms with E-state index in [1.54, 1.807) is 6.26 Å². The molecular weight excluding hydrogens is 259 g/mol. The Labute approximate surface area is 109 Å². The molecule has 0 saturated heterocycles. The van der Waals surface area contributed by atoms with Gasteiger partial charge in [-0.25, -0.2) is 4.39 Å². The van der Waals surface area contributed by atoms with Crippen LogP contribution in [0.25, 0.3) is 0 Å². The van der Waals surface area contributed by atoms with Gasteiger partial charge in [0.25, 0.3) is 0 Å². The molecule has 1 unspecified atom stereocenters. The van der Waals surface area contributed by atoms with Crippen LogP contribution in [0.15, 0.2) is 11.0 Å². The number of carbonyl (C=O) groups is 1. The first-order valence-corrected chi connectivity index (χ1v) is 6.41. The summed E-state index contributed by atoms with van der Waals surface area (Å²) in [6.07, 6.45) is 1.71. The highest BCUT2D eigenvalue weighted by Gasteiger charge is 2.25. The Morgan fingerprint density at radius 1 is 1.39 bits per heavy atom. The molecule has 0 spiro atoms. The molecule has 4 nitrogen and oxygen atoms in total. The first-order chi connectivity index (χ1) is 8.47. The number of carboxylic acid groups (broad SMARTS) is 1. The van der Waals surface area contributed by atoms with E-state index >= 15 is 0 Å². The molecule has 1 rings (SSSR count). The summed E-state index contributed by atoms with van der Waals surface area (Å²) in [6, 6.07) is 1.19. The normalized spacial score (nSPS) is 12.1. The number of benzene rings is 1. The Bertz CT molecular complexity index is 462. The van der Waals surface area contributed by atoms with Crippen LogP contribution in [0, 0.1) is 5.82 Å². The maximum atomic E-state index is 13.9. The highest BCUT2D eigenvalue weighted by atomic mass is 32.2. The third kappa shape index (κ3) is 2.53. The van der Waals surface area contributed by atoms with E-state index in [4.69, 9.17) is 14.6 Å². The average molecular weight is 274 g/mol. The monoisotopic (exact) mass is 274 g/mol. The maximum absolute atomic E-state index is 13.9. The van der Waals surface area contributed by atoms with Gasteiger partial charge in [-0.3, -0.25) is 4.79 Å². The van der Waals surface area contributed by atoms with E-state index in [0.29, 0.717) is 4.90 Å². The summed E-state index contributed by atoms with van der Waals surface area (Å²) < 4.78 is 24.2. The van der Waals surface area contributed by atoms with E-state index < -0.39 is 17.7 Å². The molecule has 0 aliphatic heterocycles. The van der Waals surface area contributed by atoms with Gasteiger partial charge in [0, 0.05) is 5.56 Å². The van der Waals surface area contributed by atoms with E-state index in [-0.39, 0.29) is 17.1 Å². The zero-order chi connectivity index (χ0) is 13.9. The summed E-state index contributed by atoms with van der Waals surface area (Å²) in [4.78, 5) is 11.3. The number of aliphatic carboxylic acids is 1. The minimum atomic E-state index is -1.05. The minimum Gasteiger partial charge on any atom is -0.492 e. The van der Waals surface area contributed by atoms with Gasteiger partial charge < -0.3 is 14.6 Å². The summed E-state index contributed by atoms with van der Waals surface area (Å²) >= 11 is 1.18. The summed E-state index contributed by atoms with van der Waals surface area (Å²) in [6.45, 7) is 1.47. The number of hydrogen-bond acceptors (Lipinski definition) is 4. The number of rotatable bonds is 5. The molecule has 0 heterocycles. The summed E-state index contributed by atoms with van der Waals surface area (Å²) in [5, 5.41) is 9.01. The standard InChI is InChI=1S/C12H15FO4S/c1-6(12(14)15)7-5-8(13)11(18-4)10(17-3)9(7)16-2/h5-6H,1-4H3,(H,14,15). The molecule has 18 heavy (non-hydrogen) atoms. The lowest BCUT2D eigenvalue weighted by molar-refractivity contribution is -0.138. The first-order valence-electron chi connectivity index (χ1n) is 5.19. The van der Waals surface area contributed by atoms with Crippen molar-refractivity contribution in [2.75, 3.05) is 20.5 Å². The number of methoxy groups -OCH3 is 2. The molecule has 1 N–H and O–H groups in total. The highest BCUT2D eigenvalue weighted by Crippen LogP contribution is 2.43. The van der Waals surface area contributed by atoms with E-state index in [1.165, 1.54) is 39.0 Å². The van der Waals surface area contributed by atoms with E-state index in [0.717, 1.165) is 0 Å². The summed E-state index contributed by atoms with van der Waals surface area (Å²) in [5.74, 6) is -1.94. The van der Waals surface area contributed by atoms with E-state index in [1.807, 2.05) is 0 Å². The van der Waals surface area contributed by atoms with Crippen LogP contribution >= 0.6 is 11.8 Å². The molecule has 0 bridgehead atoms. The average Bonchev–Trinajstić information content (AvgIpc) is 2.35. The second kappa shape index (κ2) is 5.95. The van der Waals surface area contributed by atoms with Crippen LogP contribution in [0.3, 0.4) is 0 Å². The van der Waals surface area contributed by atoms with Crippen LogP contribution in [0.4, 0.5) is 4.39 Å². The van der Waals surface area contributed by atoms with Crippen LogP contribution in [-0.4, -0.2) is 31.6 Å². The van der Waals surface area contributed by atoms with Gasteiger partial charge in [-0.05, 0) is 19.2 Å². The number of carboxylic acids is 1. The van der Waals surface area contributed by atoms with E-state index in [9.17, 15) is 9.18 Å². The van der Waals surface area contributed by atoms with Gasteiger partial charge in [0.2, 0.25) is 0 Å². The van der Waals surface area contributed by atoms with Gasteiger partial charge in [-0.1, -0.05) is 0 Å². The van der Waals surface area contributed by atoms with Crippen LogP contribution in [0.1, 0.15) is 18.4 Å². The Morgan fingerprint density at radius 2 is 1.94 bits per heavy atom. The quantitative estimate of drug-likeness (QED) is 0.837. The molecule has 1 aromatic rings. The van der Waals surface area contributed by atoms with Gasteiger partial charge >= 0.3 is 5.97 Å². The second-order valence-corrected chi connectivity index (χ2v) is 4.42. The molecule has 0 aromatic heterocycles. The molecule has 0 saturated carbocycles. The smallest absolute Gasteiger partial charge is 0.310 e. The Balaban J connectivity index is 3.53. The molecule has 100 valence electrons. The number of hydrogen-bond donors (Lipinski definition) is 1. The molecule has 0 aliphatic carbocycles. The van der Waals surface area contributed by atoms with Crippen molar-refractivity contribution in [3.8, 4) is 11.5 Å². The zero-order valence-corrected chi connectivity index (χ0v) is 11.4. The maximum Gasteiger partial charge on any atom is 0.310 e. The number of thioether (sulfide) groups is 1. The Hall–Kier alpha value is -1.43. The largest absolute Gasteiger partial charge is 0.492 e. The lowest BCUT2D eigenvalue weighted by atomic mass is 9.99. The van der Waals surface area contributed by atoms with Gasteiger partial charge in [-0.2, -0.15) is 0 Å². The van der Waals surface area contributed by atoms with Crippen LogP contribution in [-0.2, 0) is 4.79 Å². The van der Waals surface area contributed by atoms with Crippen LogP contribution < -0.4 is 9.47 Å². The molecule has 1 atom stereocenters. The fourth-order valence-electron chi connectivity index (χ4n) is 1.65. The van der Waals surface area contributed by atoms with Crippen molar-refractivity contribution in [3.05, 3.63) is 17.4 Å². The van der Waals surface area contributed by atoms with Crippen molar-refractivity contribution < 1.29 is 23.8 Å². The predicted molar refractivity (Wildman–Crippen MR) is 67.3 cm³/mol. The van der Waals surface area contributed by atoms with Crippen LogP contribution in [0.5, 0.6) is 11.5 Å².